The Morgan fingerprint density at radius 2 is 1.60 bits per heavy atom. The molecule has 0 bridgehead atoms. The molecule has 0 spiro atoms. The number of hydrogen-bond acceptors (Lipinski definition) is 5. The number of benzene rings is 4. The zero-order valence-electron chi connectivity index (χ0n) is 23.1. The first-order valence-corrected chi connectivity index (χ1v) is 14.1. The van der Waals surface area contributed by atoms with E-state index < -0.39 is 22.9 Å². The standard InChI is InChI=1S/C33H30FN3O4S/c1-3-41-26-18-16-23(17-19-26)20-30(37-32(39)24-10-5-4-6-11-24)33(40)35-25-12-9-13-27(21-25)42-22(2)31(38)36-29-15-8-7-14-28(29)34/h4-22H,3H2,1-2H3,(H,35,40)(H,36,38)(H,37,39)/b30-20+. The van der Waals surface area contributed by atoms with Gasteiger partial charge in [0.1, 0.15) is 17.3 Å². The number of carbonyl (C=O) groups excluding carboxylic acids is 3. The summed E-state index contributed by atoms with van der Waals surface area (Å²) >= 11 is 1.26. The Morgan fingerprint density at radius 1 is 0.881 bits per heavy atom. The van der Waals surface area contributed by atoms with Gasteiger partial charge in [-0.2, -0.15) is 0 Å². The predicted molar refractivity (Wildman–Crippen MR) is 165 cm³/mol. The lowest BCUT2D eigenvalue weighted by Crippen LogP contribution is -2.30. The highest BCUT2D eigenvalue weighted by molar-refractivity contribution is 8.00. The van der Waals surface area contributed by atoms with Gasteiger partial charge in [0, 0.05) is 16.1 Å². The lowest BCUT2D eigenvalue weighted by Gasteiger charge is -2.14. The maximum atomic E-state index is 13.9. The second kappa shape index (κ2) is 14.7. The molecule has 0 saturated heterocycles. The summed E-state index contributed by atoms with van der Waals surface area (Å²) in [6.45, 7) is 4.13. The Hall–Kier alpha value is -4.89. The highest BCUT2D eigenvalue weighted by atomic mass is 32.2. The van der Waals surface area contributed by atoms with E-state index >= 15 is 0 Å². The molecule has 1 unspecified atom stereocenters. The van der Waals surface area contributed by atoms with Crippen molar-refractivity contribution in [1.29, 1.82) is 0 Å². The molecule has 0 heterocycles. The third-order valence-electron chi connectivity index (χ3n) is 5.94. The Balaban J connectivity index is 1.49. The summed E-state index contributed by atoms with van der Waals surface area (Å²) in [6.07, 6.45) is 1.58. The fourth-order valence-corrected chi connectivity index (χ4v) is 4.76. The summed E-state index contributed by atoms with van der Waals surface area (Å²) in [7, 11) is 0. The second-order valence-corrected chi connectivity index (χ2v) is 10.5. The van der Waals surface area contributed by atoms with Gasteiger partial charge in [-0.25, -0.2) is 4.39 Å². The van der Waals surface area contributed by atoms with Crippen LogP contribution in [0.2, 0.25) is 0 Å². The van der Waals surface area contributed by atoms with E-state index in [1.165, 1.54) is 23.9 Å². The molecule has 0 aliphatic heterocycles. The number of rotatable bonds is 11. The van der Waals surface area contributed by atoms with E-state index in [2.05, 4.69) is 16.0 Å². The first-order valence-electron chi connectivity index (χ1n) is 13.3. The van der Waals surface area contributed by atoms with E-state index in [1.807, 2.05) is 6.92 Å². The molecule has 4 aromatic rings. The zero-order valence-corrected chi connectivity index (χ0v) is 23.9. The number of hydrogen-bond donors (Lipinski definition) is 3. The average Bonchev–Trinajstić information content (AvgIpc) is 2.99. The molecule has 0 radical (unpaired) electrons. The molecule has 0 saturated carbocycles. The summed E-state index contributed by atoms with van der Waals surface area (Å²) in [5.74, 6) is -1.13. The Kier molecular flexibility index (Phi) is 10.5. The van der Waals surface area contributed by atoms with Crippen molar-refractivity contribution >= 4 is 46.9 Å². The predicted octanol–water partition coefficient (Wildman–Crippen LogP) is 6.75. The molecule has 0 aromatic heterocycles. The van der Waals surface area contributed by atoms with E-state index in [4.69, 9.17) is 4.74 Å². The van der Waals surface area contributed by atoms with Crippen LogP contribution < -0.4 is 20.7 Å². The van der Waals surface area contributed by atoms with Crippen LogP contribution in [0.1, 0.15) is 29.8 Å². The third-order valence-corrected chi connectivity index (χ3v) is 7.03. The number of para-hydroxylation sites is 1. The highest BCUT2D eigenvalue weighted by Crippen LogP contribution is 2.27. The van der Waals surface area contributed by atoms with Crippen molar-refractivity contribution in [2.45, 2.75) is 24.0 Å². The third kappa shape index (κ3) is 8.55. The monoisotopic (exact) mass is 583 g/mol. The van der Waals surface area contributed by atoms with Crippen LogP contribution in [0.25, 0.3) is 6.08 Å². The second-order valence-electron chi connectivity index (χ2n) is 9.09. The first kappa shape index (κ1) is 30.1. The summed E-state index contributed by atoms with van der Waals surface area (Å²) in [6, 6.07) is 28.7. The minimum atomic E-state index is -0.546. The molecule has 1 atom stereocenters. The van der Waals surface area contributed by atoms with E-state index in [1.54, 1.807) is 104 Å². The maximum absolute atomic E-state index is 13.9. The fraction of sp³-hybridized carbons (Fsp3) is 0.121. The number of halogens is 1. The average molecular weight is 584 g/mol. The van der Waals surface area contributed by atoms with Gasteiger partial charge in [-0.05, 0) is 80.1 Å². The van der Waals surface area contributed by atoms with Crippen molar-refractivity contribution in [3.63, 3.8) is 0 Å². The van der Waals surface area contributed by atoms with Crippen LogP contribution in [0.3, 0.4) is 0 Å². The largest absolute Gasteiger partial charge is 0.494 e. The number of carbonyl (C=O) groups is 3. The quantitative estimate of drug-likeness (QED) is 0.134. The van der Waals surface area contributed by atoms with Crippen LogP contribution in [0.5, 0.6) is 5.75 Å². The van der Waals surface area contributed by atoms with Gasteiger partial charge < -0.3 is 20.7 Å². The molecule has 9 heteroatoms. The normalized spacial score (nSPS) is 11.7. The zero-order chi connectivity index (χ0) is 29.9. The van der Waals surface area contributed by atoms with E-state index in [0.29, 0.717) is 34.1 Å². The van der Waals surface area contributed by atoms with Gasteiger partial charge in [-0.1, -0.05) is 48.5 Å². The topological polar surface area (TPSA) is 96.5 Å². The summed E-state index contributed by atoms with van der Waals surface area (Å²) in [5, 5.41) is 7.60. The minimum absolute atomic E-state index is 0.0451. The number of ether oxygens (including phenoxy) is 1. The van der Waals surface area contributed by atoms with Gasteiger partial charge in [0.15, 0.2) is 0 Å². The summed E-state index contributed by atoms with van der Waals surface area (Å²) in [5.41, 5.74) is 1.72. The SMILES string of the molecule is CCOc1ccc(/C=C(/NC(=O)c2ccccc2)C(=O)Nc2cccc(SC(C)C(=O)Nc3ccccc3F)c2)cc1. The lowest BCUT2D eigenvalue weighted by atomic mass is 10.1. The van der Waals surface area contributed by atoms with E-state index in [0.717, 1.165) is 0 Å². The van der Waals surface area contributed by atoms with E-state index in [9.17, 15) is 18.8 Å². The van der Waals surface area contributed by atoms with Crippen LogP contribution in [0, 0.1) is 5.82 Å². The number of thioether (sulfide) groups is 1. The molecule has 214 valence electrons. The van der Waals surface area contributed by atoms with Crippen molar-refractivity contribution in [3.05, 3.63) is 126 Å². The van der Waals surface area contributed by atoms with Crippen molar-refractivity contribution in [2.75, 3.05) is 17.2 Å². The van der Waals surface area contributed by atoms with Crippen LogP contribution in [-0.4, -0.2) is 29.6 Å². The van der Waals surface area contributed by atoms with Gasteiger partial charge in [0.2, 0.25) is 5.91 Å². The molecule has 0 fully saturated rings. The van der Waals surface area contributed by atoms with Gasteiger partial charge in [0.05, 0.1) is 17.5 Å². The van der Waals surface area contributed by atoms with Crippen LogP contribution in [0.15, 0.2) is 114 Å². The van der Waals surface area contributed by atoms with Crippen molar-refractivity contribution < 1.29 is 23.5 Å². The summed E-state index contributed by atoms with van der Waals surface area (Å²) in [4.78, 5) is 39.7. The Labute approximate surface area is 248 Å². The Morgan fingerprint density at radius 3 is 2.31 bits per heavy atom. The molecule has 0 aliphatic carbocycles. The molecule has 7 nitrogen and oxygen atoms in total. The molecule has 3 N–H and O–H groups in total. The van der Waals surface area contributed by atoms with Crippen LogP contribution >= 0.6 is 11.8 Å². The van der Waals surface area contributed by atoms with E-state index in [-0.39, 0.29) is 17.3 Å². The molecular formula is C33H30FN3O4S. The van der Waals surface area contributed by atoms with Crippen LogP contribution in [0.4, 0.5) is 15.8 Å². The minimum Gasteiger partial charge on any atom is -0.494 e. The lowest BCUT2D eigenvalue weighted by molar-refractivity contribution is -0.115. The molecule has 3 amide bonds. The van der Waals surface area contributed by atoms with Gasteiger partial charge in [-0.3, -0.25) is 14.4 Å². The Bertz CT molecular complexity index is 1580. The smallest absolute Gasteiger partial charge is 0.272 e. The number of amides is 3. The highest BCUT2D eigenvalue weighted by Gasteiger charge is 2.18. The summed E-state index contributed by atoms with van der Waals surface area (Å²) < 4.78 is 19.4. The number of anilines is 2. The molecule has 4 rings (SSSR count). The van der Waals surface area contributed by atoms with Gasteiger partial charge in [0.25, 0.3) is 11.8 Å². The van der Waals surface area contributed by atoms with Gasteiger partial charge >= 0.3 is 0 Å². The van der Waals surface area contributed by atoms with Crippen LogP contribution in [-0.2, 0) is 9.59 Å². The molecule has 0 aliphatic rings. The first-order chi connectivity index (χ1) is 20.3. The van der Waals surface area contributed by atoms with Crippen molar-refractivity contribution in [3.8, 4) is 5.75 Å². The number of nitrogens with one attached hydrogen (secondary N) is 3. The molecule has 4 aromatic carbocycles. The molecule has 42 heavy (non-hydrogen) atoms. The van der Waals surface area contributed by atoms with Gasteiger partial charge in [-0.15, -0.1) is 11.8 Å². The van der Waals surface area contributed by atoms with Crippen molar-refractivity contribution in [1.82, 2.24) is 5.32 Å². The maximum Gasteiger partial charge on any atom is 0.272 e. The fourth-order valence-electron chi connectivity index (χ4n) is 3.84. The molecular weight excluding hydrogens is 553 g/mol. The van der Waals surface area contributed by atoms with Crippen molar-refractivity contribution in [2.24, 2.45) is 0 Å².